The molecule has 14 nitrogen and oxygen atoms in total. The second-order valence-corrected chi connectivity index (χ2v) is 16.2. The number of carboxylic acids is 1. The quantitative estimate of drug-likeness (QED) is 0.190. The van der Waals surface area contributed by atoms with Crippen LogP contribution in [0.15, 0.2) is 36.2 Å². The van der Waals surface area contributed by atoms with Gasteiger partial charge in [0.05, 0.1) is 12.1 Å². The van der Waals surface area contributed by atoms with E-state index in [9.17, 15) is 33.5 Å². The number of rotatable bonds is 11. The molecule has 1 aliphatic heterocycles. The molecule has 3 amide bonds. The molecule has 0 unspecified atom stereocenters. The van der Waals surface area contributed by atoms with Gasteiger partial charge in [-0.2, -0.15) is 0 Å². The average Bonchev–Trinajstić information content (AvgIpc) is 3.84. The highest BCUT2D eigenvalue weighted by Crippen LogP contribution is 2.42. The molecular weight excluding hydrogens is 717 g/mol. The number of aromatic carboxylic acids is 1. The second-order valence-electron chi connectivity index (χ2n) is 16.2. The van der Waals surface area contributed by atoms with Crippen molar-refractivity contribution in [1.29, 1.82) is 0 Å². The van der Waals surface area contributed by atoms with Crippen LogP contribution in [-0.2, 0) is 25.5 Å². The van der Waals surface area contributed by atoms with Gasteiger partial charge in [-0.1, -0.05) is 0 Å². The number of amides is 3. The third kappa shape index (κ3) is 9.08. The molecule has 15 heteroatoms. The van der Waals surface area contributed by atoms with E-state index in [0.29, 0.717) is 49.7 Å². The maximum atomic E-state index is 14.4. The van der Waals surface area contributed by atoms with Crippen LogP contribution in [0.5, 0.6) is 0 Å². The molecule has 300 valence electrons. The first-order chi connectivity index (χ1) is 26.1. The van der Waals surface area contributed by atoms with Gasteiger partial charge in [-0.05, 0) is 121 Å². The topological polar surface area (TPSA) is 191 Å². The Morgan fingerprint density at radius 3 is 2.31 bits per heavy atom. The van der Waals surface area contributed by atoms with E-state index in [1.165, 1.54) is 6.92 Å². The number of carbonyl (C=O) groups excluding carboxylic acids is 3. The number of hydrogen-bond donors (Lipinski definition) is 3. The smallest absolute Gasteiger partial charge is 0.475 e. The summed E-state index contributed by atoms with van der Waals surface area (Å²) in [6.07, 6.45) is 5.68. The Hall–Kier alpha value is -4.66. The second kappa shape index (κ2) is 16.6. The lowest BCUT2D eigenvalue weighted by molar-refractivity contribution is -0.142. The molecule has 2 aromatic heterocycles. The Morgan fingerprint density at radius 1 is 1.00 bits per heavy atom. The van der Waals surface area contributed by atoms with E-state index in [-0.39, 0.29) is 76.4 Å². The fraction of sp³-hybridized carbons (Fsp3) is 0.625. The van der Waals surface area contributed by atoms with Crippen LogP contribution in [0.25, 0.3) is 11.0 Å². The summed E-state index contributed by atoms with van der Waals surface area (Å²) >= 11 is 0. The van der Waals surface area contributed by atoms with Crippen molar-refractivity contribution >= 4 is 40.5 Å². The Balaban J connectivity index is 1.21. The van der Waals surface area contributed by atoms with Gasteiger partial charge in [0.25, 0.3) is 0 Å². The molecule has 55 heavy (non-hydrogen) atoms. The monoisotopic (exact) mass is 769 g/mol. The highest BCUT2D eigenvalue weighted by Gasteiger charge is 2.47. The number of carboxylic acid groups (broad SMARTS) is 1. The number of alkyl halides is 1. The van der Waals surface area contributed by atoms with E-state index < -0.39 is 42.2 Å². The van der Waals surface area contributed by atoms with Crippen LogP contribution in [0.2, 0.25) is 0 Å². The fourth-order valence-corrected chi connectivity index (χ4v) is 8.88. The van der Waals surface area contributed by atoms with E-state index in [0.717, 1.165) is 25.7 Å². The van der Waals surface area contributed by atoms with Gasteiger partial charge in [0.15, 0.2) is 5.76 Å². The molecule has 3 aromatic rings. The predicted octanol–water partition coefficient (Wildman–Crippen LogP) is 6.61. The number of halogens is 1. The minimum absolute atomic E-state index is 0.0779. The highest BCUT2D eigenvalue weighted by atomic mass is 19.1. The van der Waals surface area contributed by atoms with E-state index in [2.05, 4.69) is 10.6 Å². The molecule has 3 atom stereocenters. The molecule has 3 aliphatic rings. The Morgan fingerprint density at radius 2 is 1.71 bits per heavy atom. The van der Waals surface area contributed by atoms with Crippen molar-refractivity contribution in [2.24, 2.45) is 23.7 Å². The molecule has 3 heterocycles. The van der Waals surface area contributed by atoms with Crippen molar-refractivity contribution in [1.82, 2.24) is 10.2 Å². The molecule has 3 fully saturated rings. The third-order valence-corrected chi connectivity index (χ3v) is 11.6. The van der Waals surface area contributed by atoms with Crippen LogP contribution >= 0.6 is 0 Å². The maximum absolute atomic E-state index is 14.4. The lowest BCUT2D eigenvalue weighted by Gasteiger charge is -2.38. The lowest BCUT2D eigenvalue weighted by Crippen LogP contribution is -2.50. The van der Waals surface area contributed by atoms with Gasteiger partial charge < -0.3 is 43.4 Å². The number of anilines is 1. The van der Waals surface area contributed by atoms with Gasteiger partial charge in [-0.25, -0.2) is 18.8 Å². The molecule has 0 radical (unpaired) electrons. The summed E-state index contributed by atoms with van der Waals surface area (Å²) in [5.41, 5.74) is 0.196. The number of alkyl carbamates (subject to hydrolysis) is 1. The Kier molecular flexibility index (Phi) is 12.1. The van der Waals surface area contributed by atoms with Gasteiger partial charge in [0.1, 0.15) is 29.7 Å². The van der Waals surface area contributed by atoms with Crippen molar-refractivity contribution in [3.05, 3.63) is 51.7 Å². The minimum Gasteiger partial charge on any atom is -0.475 e. The van der Waals surface area contributed by atoms with E-state index in [1.54, 1.807) is 51.0 Å². The number of hydrogen-bond acceptors (Lipinski definition) is 10. The summed E-state index contributed by atoms with van der Waals surface area (Å²) in [5.74, 6) is -2.96. The molecule has 2 aliphatic carbocycles. The normalized spacial score (nSPS) is 25.1. The van der Waals surface area contributed by atoms with Gasteiger partial charge in [-0.3, -0.25) is 9.59 Å². The molecule has 0 bridgehead atoms. The number of carbonyl (C=O) groups is 4. The van der Waals surface area contributed by atoms with Crippen LogP contribution in [0.1, 0.15) is 106 Å². The van der Waals surface area contributed by atoms with Crippen molar-refractivity contribution in [2.75, 3.05) is 25.6 Å². The molecule has 1 aromatic carbocycles. The first kappa shape index (κ1) is 40.0. The lowest BCUT2D eigenvalue weighted by atomic mass is 9.75. The summed E-state index contributed by atoms with van der Waals surface area (Å²) in [4.78, 5) is 66.7. The van der Waals surface area contributed by atoms with Gasteiger partial charge in [0, 0.05) is 42.6 Å². The highest BCUT2D eigenvalue weighted by molar-refractivity contribution is 6.01. The molecule has 3 N–H and O–H groups in total. The van der Waals surface area contributed by atoms with Crippen LogP contribution in [0.4, 0.5) is 14.9 Å². The number of benzene rings is 1. The number of nitrogens with one attached hydrogen (secondary N) is 2. The zero-order valence-corrected chi connectivity index (χ0v) is 32.1. The first-order valence-corrected chi connectivity index (χ1v) is 19.2. The predicted molar refractivity (Wildman–Crippen MR) is 198 cm³/mol. The van der Waals surface area contributed by atoms with Crippen LogP contribution in [0.3, 0.4) is 0 Å². The number of aryl methyl sites for hydroxylation is 1. The van der Waals surface area contributed by atoms with Crippen molar-refractivity contribution in [3.63, 3.8) is 0 Å². The average molecular weight is 770 g/mol. The standard InChI is InChI=1S/C40H52FN3O11/c1-21-32(54-39(50)52-21)19-29-28-18-25(12-15-31(28)53-34(29)37(47)48)42-35(45)33-27(22-10-13-26(51-5)14-11-22)16-17-44(33)36(46)24-8-6-23(7-9-24)30(20-41)43-38(49)55-40(2,3)4/h12,15,18,22-24,26-27,30,33H,6-11,13-14,16-17,19-20H2,1-5H3,(H,42,45)(H,43,49)(H,47,48)/t22-,23-,24-,26-,27-,30+,33-/m0/s1. The molecule has 1 saturated heterocycles. The molecule has 6 rings (SSSR count). The van der Waals surface area contributed by atoms with Gasteiger partial charge >= 0.3 is 17.9 Å². The van der Waals surface area contributed by atoms with Gasteiger partial charge in [-0.15, -0.1) is 0 Å². The zero-order valence-electron chi connectivity index (χ0n) is 32.1. The summed E-state index contributed by atoms with van der Waals surface area (Å²) in [6, 6.07) is 3.36. The van der Waals surface area contributed by atoms with Crippen LogP contribution in [0, 0.1) is 30.6 Å². The third-order valence-electron chi connectivity index (χ3n) is 11.6. The number of ether oxygens (including phenoxy) is 2. The number of fused-ring (bicyclic) bond motifs is 1. The number of likely N-dealkylation sites (tertiary alicyclic amines) is 1. The SMILES string of the molecule is CO[C@H]1CC[C@H]([C@@H]2CCN(C(=O)[C@H]3CC[C@H]([C@@H](CF)NC(=O)OC(C)(C)C)CC3)[C@@H]2C(=O)Nc2ccc3oc(C(=O)O)c(Cc4oc(=O)oc4C)c3c2)CC1. The van der Waals surface area contributed by atoms with E-state index in [1.807, 2.05) is 0 Å². The van der Waals surface area contributed by atoms with Crippen molar-refractivity contribution < 1.29 is 51.4 Å². The van der Waals surface area contributed by atoms with E-state index >= 15 is 0 Å². The minimum atomic E-state index is -1.31. The zero-order chi connectivity index (χ0) is 39.6. The van der Waals surface area contributed by atoms with Crippen LogP contribution < -0.4 is 16.5 Å². The maximum Gasteiger partial charge on any atom is 0.519 e. The largest absolute Gasteiger partial charge is 0.519 e. The summed E-state index contributed by atoms with van der Waals surface area (Å²) < 4.78 is 40.9. The molecule has 0 spiro atoms. The Labute approximate surface area is 318 Å². The number of nitrogens with zero attached hydrogens (tertiary/aromatic N) is 1. The molecule has 2 saturated carbocycles. The Bertz CT molecular complexity index is 1930. The summed E-state index contributed by atoms with van der Waals surface area (Å²) in [5, 5.41) is 16.0. The fourth-order valence-electron chi connectivity index (χ4n) is 8.88. The summed E-state index contributed by atoms with van der Waals surface area (Å²) in [7, 11) is 1.71. The summed E-state index contributed by atoms with van der Waals surface area (Å²) in [6.45, 7) is 6.46. The number of methoxy groups -OCH3 is 1. The van der Waals surface area contributed by atoms with Crippen molar-refractivity contribution in [2.45, 2.75) is 116 Å². The number of furan rings is 1. The van der Waals surface area contributed by atoms with Crippen molar-refractivity contribution in [3.8, 4) is 0 Å². The molecular formula is C40H52FN3O11. The van der Waals surface area contributed by atoms with E-state index in [4.69, 9.17) is 22.7 Å². The van der Waals surface area contributed by atoms with Gasteiger partial charge in [0.2, 0.25) is 17.6 Å². The van der Waals surface area contributed by atoms with Crippen LogP contribution in [-0.4, -0.2) is 78.0 Å². The first-order valence-electron chi connectivity index (χ1n) is 19.2.